The van der Waals surface area contributed by atoms with Crippen molar-refractivity contribution in [3.8, 4) is 0 Å². The summed E-state index contributed by atoms with van der Waals surface area (Å²) in [7, 11) is 3.82. The first-order valence-electron chi connectivity index (χ1n) is 6.23. The summed E-state index contributed by atoms with van der Waals surface area (Å²) in [5, 5.41) is 3.01. The van der Waals surface area contributed by atoms with E-state index in [2.05, 4.69) is 15.2 Å². The topological polar surface area (TPSA) is 28.2 Å². The third kappa shape index (κ3) is 3.76. The lowest BCUT2D eigenvalue weighted by Crippen LogP contribution is -2.18. The molecule has 1 aromatic carbocycles. The Bertz CT molecular complexity index is 542. The second-order valence-electron chi connectivity index (χ2n) is 4.56. The van der Waals surface area contributed by atoms with Gasteiger partial charge in [0.15, 0.2) is 0 Å². The van der Waals surface area contributed by atoms with Crippen LogP contribution in [0.2, 0.25) is 0 Å². The molecule has 0 fully saturated rings. The van der Waals surface area contributed by atoms with Gasteiger partial charge in [-0.2, -0.15) is 0 Å². The Kier molecular flexibility index (Phi) is 4.47. The molecule has 2 aromatic rings. The van der Waals surface area contributed by atoms with Crippen molar-refractivity contribution in [2.75, 3.05) is 19.4 Å². The number of nitrogens with one attached hydrogen (secondary N) is 1. The number of anilines is 1. The van der Waals surface area contributed by atoms with Crippen molar-refractivity contribution in [3.63, 3.8) is 0 Å². The van der Waals surface area contributed by atoms with E-state index in [9.17, 15) is 4.39 Å². The van der Waals surface area contributed by atoms with E-state index >= 15 is 0 Å². The summed E-state index contributed by atoms with van der Waals surface area (Å²) in [6, 6.07) is 10.8. The molecule has 0 saturated heterocycles. The minimum Gasteiger partial charge on any atom is -0.373 e. The van der Waals surface area contributed by atoms with Crippen LogP contribution in [0.5, 0.6) is 0 Å². The number of halogens is 1. The molecule has 0 saturated carbocycles. The van der Waals surface area contributed by atoms with Gasteiger partial charge in [-0.25, -0.2) is 9.37 Å². The van der Waals surface area contributed by atoms with Crippen LogP contribution in [0.25, 0.3) is 0 Å². The van der Waals surface area contributed by atoms with Gasteiger partial charge in [-0.3, -0.25) is 4.90 Å². The fraction of sp³-hybridized carbons (Fsp3) is 0.267. The number of pyridine rings is 1. The summed E-state index contributed by atoms with van der Waals surface area (Å²) < 4.78 is 13.6. The highest BCUT2D eigenvalue weighted by atomic mass is 19.1. The summed E-state index contributed by atoms with van der Waals surface area (Å²) in [6.45, 7) is 1.34. The molecule has 0 aliphatic rings. The minimum atomic E-state index is -0.153. The van der Waals surface area contributed by atoms with Crippen molar-refractivity contribution in [1.82, 2.24) is 9.88 Å². The molecule has 19 heavy (non-hydrogen) atoms. The molecule has 0 aliphatic heterocycles. The first-order valence-corrected chi connectivity index (χ1v) is 6.23. The maximum Gasteiger partial charge on any atom is 0.127 e. The zero-order chi connectivity index (χ0) is 13.7. The van der Waals surface area contributed by atoms with Crippen molar-refractivity contribution >= 4 is 5.82 Å². The van der Waals surface area contributed by atoms with Gasteiger partial charge >= 0.3 is 0 Å². The Morgan fingerprint density at radius 3 is 2.74 bits per heavy atom. The zero-order valence-corrected chi connectivity index (χ0v) is 11.2. The summed E-state index contributed by atoms with van der Waals surface area (Å²) in [4.78, 5) is 6.25. The van der Waals surface area contributed by atoms with Crippen molar-refractivity contribution < 1.29 is 4.39 Å². The van der Waals surface area contributed by atoms with Crippen molar-refractivity contribution in [2.24, 2.45) is 0 Å². The molecule has 0 atom stereocenters. The number of aromatic nitrogens is 1. The average Bonchev–Trinajstić information content (AvgIpc) is 2.41. The van der Waals surface area contributed by atoms with Crippen LogP contribution in [-0.2, 0) is 13.1 Å². The maximum atomic E-state index is 13.6. The Labute approximate surface area is 113 Å². The predicted molar refractivity (Wildman–Crippen MR) is 75.4 cm³/mol. The van der Waals surface area contributed by atoms with E-state index in [4.69, 9.17) is 0 Å². The van der Waals surface area contributed by atoms with Gasteiger partial charge in [0, 0.05) is 31.9 Å². The summed E-state index contributed by atoms with van der Waals surface area (Å²) in [5.74, 6) is 0.691. The van der Waals surface area contributed by atoms with E-state index in [1.54, 1.807) is 12.3 Å². The lowest BCUT2D eigenvalue weighted by molar-refractivity contribution is 0.313. The van der Waals surface area contributed by atoms with Gasteiger partial charge in [0.2, 0.25) is 0 Å². The van der Waals surface area contributed by atoms with Crippen LogP contribution in [0, 0.1) is 5.82 Å². The monoisotopic (exact) mass is 259 g/mol. The van der Waals surface area contributed by atoms with Gasteiger partial charge in [0.1, 0.15) is 11.6 Å². The second-order valence-corrected chi connectivity index (χ2v) is 4.56. The van der Waals surface area contributed by atoms with Crippen molar-refractivity contribution in [3.05, 3.63) is 59.5 Å². The highest BCUT2D eigenvalue weighted by molar-refractivity contribution is 5.36. The van der Waals surface area contributed by atoms with E-state index < -0.39 is 0 Å². The smallest absolute Gasteiger partial charge is 0.127 e. The number of nitrogens with zero attached hydrogens (tertiary/aromatic N) is 2. The van der Waals surface area contributed by atoms with E-state index in [1.807, 2.05) is 38.4 Å². The normalized spacial score (nSPS) is 10.7. The minimum absolute atomic E-state index is 0.153. The van der Waals surface area contributed by atoms with Gasteiger partial charge in [-0.1, -0.05) is 18.2 Å². The zero-order valence-electron chi connectivity index (χ0n) is 11.2. The SMILES string of the molecule is CNc1cc(CN(C)Cc2ccccc2F)ccn1. The lowest BCUT2D eigenvalue weighted by Gasteiger charge is -2.17. The standard InChI is InChI=1S/C15H18FN3/c1-17-15-9-12(7-8-18-15)10-19(2)11-13-5-3-4-6-14(13)16/h3-9H,10-11H2,1-2H3,(H,17,18). The molecule has 0 bridgehead atoms. The van der Waals surface area contributed by atoms with E-state index in [0.717, 1.165) is 17.9 Å². The van der Waals surface area contributed by atoms with Gasteiger partial charge in [-0.05, 0) is 30.8 Å². The number of hydrogen-bond acceptors (Lipinski definition) is 3. The van der Waals surface area contributed by atoms with Gasteiger partial charge in [-0.15, -0.1) is 0 Å². The quantitative estimate of drug-likeness (QED) is 0.895. The molecule has 0 radical (unpaired) electrons. The van der Waals surface area contributed by atoms with Crippen LogP contribution in [0.4, 0.5) is 10.2 Å². The molecule has 4 heteroatoms. The van der Waals surface area contributed by atoms with Gasteiger partial charge in [0.25, 0.3) is 0 Å². The molecule has 0 aliphatic carbocycles. The maximum absolute atomic E-state index is 13.6. The van der Waals surface area contributed by atoms with E-state index in [-0.39, 0.29) is 5.82 Å². The van der Waals surface area contributed by atoms with Crippen LogP contribution >= 0.6 is 0 Å². The Balaban J connectivity index is 2.01. The first kappa shape index (κ1) is 13.5. The summed E-state index contributed by atoms with van der Waals surface area (Å²) >= 11 is 0. The highest BCUT2D eigenvalue weighted by Crippen LogP contribution is 2.12. The average molecular weight is 259 g/mol. The fourth-order valence-corrected chi connectivity index (χ4v) is 1.99. The van der Waals surface area contributed by atoms with Gasteiger partial charge in [0.05, 0.1) is 0 Å². The number of hydrogen-bond donors (Lipinski definition) is 1. The lowest BCUT2D eigenvalue weighted by atomic mass is 10.2. The highest BCUT2D eigenvalue weighted by Gasteiger charge is 2.06. The Morgan fingerprint density at radius 1 is 1.21 bits per heavy atom. The third-order valence-electron chi connectivity index (χ3n) is 2.93. The fourth-order valence-electron chi connectivity index (χ4n) is 1.99. The van der Waals surface area contributed by atoms with E-state index in [0.29, 0.717) is 12.1 Å². The van der Waals surface area contributed by atoms with Crippen LogP contribution in [0.15, 0.2) is 42.6 Å². The molecule has 1 N–H and O–H groups in total. The van der Waals surface area contributed by atoms with Crippen molar-refractivity contribution in [2.45, 2.75) is 13.1 Å². The predicted octanol–water partition coefficient (Wildman–Crippen LogP) is 2.89. The molecule has 2 rings (SSSR count). The largest absolute Gasteiger partial charge is 0.373 e. The number of benzene rings is 1. The second kappa shape index (κ2) is 6.29. The molecule has 3 nitrogen and oxygen atoms in total. The summed E-state index contributed by atoms with van der Waals surface area (Å²) in [5.41, 5.74) is 1.87. The van der Waals surface area contributed by atoms with Crippen LogP contribution in [0.1, 0.15) is 11.1 Å². The molecule has 0 spiro atoms. The van der Waals surface area contributed by atoms with Crippen molar-refractivity contribution in [1.29, 1.82) is 0 Å². The van der Waals surface area contributed by atoms with Crippen LogP contribution in [0.3, 0.4) is 0 Å². The van der Waals surface area contributed by atoms with Crippen LogP contribution in [-0.4, -0.2) is 24.0 Å². The summed E-state index contributed by atoms with van der Waals surface area (Å²) in [6.07, 6.45) is 1.78. The van der Waals surface area contributed by atoms with Gasteiger partial charge < -0.3 is 5.32 Å². The Morgan fingerprint density at radius 2 is 2.00 bits per heavy atom. The van der Waals surface area contributed by atoms with Crippen LogP contribution < -0.4 is 5.32 Å². The molecule has 0 amide bonds. The molecule has 0 unspecified atom stereocenters. The Hall–Kier alpha value is -1.94. The molecular formula is C15H18FN3. The first-order chi connectivity index (χ1) is 9.19. The van der Waals surface area contributed by atoms with E-state index in [1.165, 1.54) is 6.07 Å². The number of rotatable bonds is 5. The molecule has 100 valence electrons. The molecule has 1 aromatic heterocycles. The molecule has 1 heterocycles. The molecular weight excluding hydrogens is 241 g/mol. The third-order valence-corrected chi connectivity index (χ3v) is 2.93.